The van der Waals surface area contributed by atoms with Crippen LogP contribution in [0.4, 0.5) is 11.8 Å². The molecular weight excluding hydrogens is 242 g/mol. The van der Waals surface area contributed by atoms with Crippen molar-refractivity contribution in [3.05, 3.63) is 11.8 Å². The fourth-order valence-electron chi connectivity index (χ4n) is 1.30. The highest BCUT2D eigenvalue weighted by molar-refractivity contribution is 7.90. The van der Waals surface area contributed by atoms with Gasteiger partial charge in [-0.1, -0.05) is 0 Å². The molecule has 0 bridgehead atoms. The average molecular weight is 259 g/mol. The summed E-state index contributed by atoms with van der Waals surface area (Å²) in [6.45, 7) is 2.23. The van der Waals surface area contributed by atoms with Gasteiger partial charge in [-0.25, -0.2) is 19.2 Å². The first-order chi connectivity index (χ1) is 7.83. The number of aromatic nitrogens is 2. The van der Waals surface area contributed by atoms with Gasteiger partial charge in [-0.2, -0.15) is 4.98 Å². The maximum atomic E-state index is 11.1. The lowest BCUT2D eigenvalue weighted by atomic mass is 10.3. The Morgan fingerprint density at radius 2 is 2.18 bits per heavy atom. The van der Waals surface area contributed by atoms with Crippen LogP contribution in [-0.2, 0) is 9.84 Å². The average Bonchev–Trinajstić information content (AvgIpc) is 2.25. The highest BCUT2D eigenvalue weighted by Crippen LogP contribution is 2.15. The Morgan fingerprint density at radius 1 is 1.53 bits per heavy atom. The molecule has 0 aliphatic rings. The van der Waals surface area contributed by atoms with Crippen molar-refractivity contribution in [2.75, 3.05) is 35.9 Å². The van der Waals surface area contributed by atoms with Gasteiger partial charge in [0.05, 0.1) is 5.75 Å². The number of sulfone groups is 1. The summed E-state index contributed by atoms with van der Waals surface area (Å²) in [5, 5.41) is 0. The van der Waals surface area contributed by atoms with Crippen LogP contribution >= 0.6 is 0 Å². The second-order valence-corrected chi connectivity index (χ2v) is 6.16. The molecular formula is C9H17N5O2S. The number of hydrogen-bond acceptors (Lipinski definition) is 7. The number of nitrogens with zero attached hydrogens (tertiary/aromatic N) is 3. The molecule has 0 spiro atoms. The molecule has 0 unspecified atom stereocenters. The van der Waals surface area contributed by atoms with Crippen LogP contribution in [0.2, 0.25) is 0 Å². The molecule has 0 aliphatic heterocycles. The smallest absolute Gasteiger partial charge is 0.239 e. The fourth-order valence-corrected chi connectivity index (χ4v) is 1.90. The molecule has 0 fully saturated rings. The molecule has 3 N–H and O–H groups in total. The molecule has 0 aliphatic carbocycles. The number of hydrazine groups is 1. The van der Waals surface area contributed by atoms with E-state index in [1.807, 2.05) is 6.92 Å². The lowest BCUT2D eigenvalue weighted by Crippen LogP contribution is -2.27. The topological polar surface area (TPSA) is 101 Å². The Morgan fingerprint density at radius 3 is 2.71 bits per heavy atom. The summed E-state index contributed by atoms with van der Waals surface area (Å²) in [6.07, 6.45) is 2.84. The fraction of sp³-hybridized carbons (Fsp3) is 0.556. The van der Waals surface area contributed by atoms with Gasteiger partial charge in [0.25, 0.3) is 0 Å². The SMILES string of the molecule is Cc1cnc(NN)nc1N(C)CCS(C)(=O)=O. The molecule has 0 aromatic carbocycles. The van der Waals surface area contributed by atoms with Gasteiger partial charge >= 0.3 is 0 Å². The number of aryl methyl sites for hydroxylation is 1. The van der Waals surface area contributed by atoms with Crippen LogP contribution in [0.3, 0.4) is 0 Å². The van der Waals surface area contributed by atoms with E-state index in [9.17, 15) is 8.42 Å². The zero-order chi connectivity index (χ0) is 13.1. The van der Waals surface area contributed by atoms with Crippen molar-refractivity contribution >= 4 is 21.6 Å². The largest absolute Gasteiger partial charge is 0.358 e. The van der Waals surface area contributed by atoms with Crippen LogP contribution in [0.1, 0.15) is 5.56 Å². The molecule has 1 aromatic rings. The third kappa shape index (κ3) is 4.16. The molecule has 0 saturated heterocycles. The highest BCUT2D eigenvalue weighted by Gasteiger charge is 2.11. The van der Waals surface area contributed by atoms with Crippen LogP contribution in [0, 0.1) is 6.92 Å². The van der Waals surface area contributed by atoms with Crippen molar-refractivity contribution in [3.8, 4) is 0 Å². The summed E-state index contributed by atoms with van der Waals surface area (Å²) in [5.41, 5.74) is 3.22. The molecule has 0 atom stereocenters. The van der Waals surface area contributed by atoms with Gasteiger partial charge in [-0.05, 0) is 6.92 Å². The first kappa shape index (κ1) is 13.7. The molecule has 96 valence electrons. The number of nitrogen functional groups attached to an aromatic ring is 1. The third-order valence-corrected chi connectivity index (χ3v) is 3.16. The number of anilines is 2. The summed E-state index contributed by atoms with van der Waals surface area (Å²) in [7, 11) is -1.20. The molecule has 0 saturated carbocycles. The van der Waals surface area contributed by atoms with Gasteiger partial charge in [0.2, 0.25) is 5.95 Å². The first-order valence-corrected chi connectivity index (χ1v) is 7.08. The predicted molar refractivity (Wildman–Crippen MR) is 67.6 cm³/mol. The lowest BCUT2D eigenvalue weighted by molar-refractivity contribution is 0.601. The molecule has 1 heterocycles. The Balaban J connectivity index is 2.84. The molecule has 0 radical (unpaired) electrons. The molecule has 1 rings (SSSR count). The highest BCUT2D eigenvalue weighted by atomic mass is 32.2. The van der Waals surface area contributed by atoms with Crippen molar-refractivity contribution in [1.29, 1.82) is 0 Å². The summed E-state index contributed by atoms with van der Waals surface area (Å²) in [5.74, 6) is 6.27. The minimum atomic E-state index is -2.98. The van der Waals surface area contributed by atoms with Crippen molar-refractivity contribution in [2.45, 2.75) is 6.92 Å². The normalized spacial score (nSPS) is 11.3. The summed E-state index contributed by atoms with van der Waals surface area (Å²) in [6, 6.07) is 0. The van der Waals surface area contributed by atoms with E-state index in [0.717, 1.165) is 5.56 Å². The molecule has 7 nitrogen and oxygen atoms in total. The summed E-state index contributed by atoms with van der Waals surface area (Å²) >= 11 is 0. The van der Waals surface area contributed by atoms with E-state index in [0.29, 0.717) is 18.3 Å². The summed E-state index contributed by atoms with van der Waals surface area (Å²) < 4.78 is 22.2. The Kier molecular flexibility index (Phi) is 4.24. The van der Waals surface area contributed by atoms with E-state index < -0.39 is 9.84 Å². The maximum absolute atomic E-state index is 11.1. The maximum Gasteiger partial charge on any atom is 0.239 e. The number of nitrogens with two attached hydrogens (primary N) is 1. The van der Waals surface area contributed by atoms with Gasteiger partial charge in [-0.3, -0.25) is 5.43 Å². The summed E-state index contributed by atoms with van der Waals surface area (Å²) in [4.78, 5) is 9.89. The van der Waals surface area contributed by atoms with E-state index in [1.165, 1.54) is 6.26 Å². The monoisotopic (exact) mass is 259 g/mol. The molecule has 8 heteroatoms. The Labute approximate surface area is 101 Å². The van der Waals surface area contributed by atoms with Gasteiger partial charge < -0.3 is 4.90 Å². The number of hydrogen-bond donors (Lipinski definition) is 2. The third-order valence-electron chi connectivity index (χ3n) is 2.23. The van der Waals surface area contributed by atoms with E-state index in [2.05, 4.69) is 15.4 Å². The Hall–Kier alpha value is -1.41. The van der Waals surface area contributed by atoms with E-state index >= 15 is 0 Å². The molecule has 17 heavy (non-hydrogen) atoms. The van der Waals surface area contributed by atoms with Gasteiger partial charge in [0, 0.05) is 31.6 Å². The van der Waals surface area contributed by atoms with Gasteiger partial charge in [0.1, 0.15) is 15.7 Å². The van der Waals surface area contributed by atoms with Crippen molar-refractivity contribution in [3.63, 3.8) is 0 Å². The van der Waals surface area contributed by atoms with Crippen molar-refractivity contribution < 1.29 is 8.42 Å². The Bertz CT molecular complexity index is 488. The second-order valence-electron chi connectivity index (χ2n) is 3.90. The van der Waals surface area contributed by atoms with Crippen molar-refractivity contribution in [1.82, 2.24) is 9.97 Å². The molecule has 1 aromatic heterocycles. The van der Waals surface area contributed by atoms with Crippen LogP contribution < -0.4 is 16.2 Å². The molecule has 0 amide bonds. The first-order valence-electron chi connectivity index (χ1n) is 5.02. The lowest BCUT2D eigenvalue weighted by Gasteiger charge is -2.19. The number of rotatable bonds is 5. The zero-order valence-electron chi connectivity index (χ0n) is 10.1. The predicted octanol–water partition coefficient (Wildman–Crippen LogP) is -0.449. The van der Waals surface area contributed by atoms with Gasteiger partial charge in [0.15, 0.2) is 0 Å². The van der Waals surface area contributed by atoms with Gasteiger partial charge in [-0.15, -0.1) is 0 Å². The minimum Gasteiger partial charge on any atom is -0.358 e. The second kappa shape index (κ2) is 5.28. The van der Waals surface area contributed by atoms with E-state index in [4.69, 9.17) is 5.84 Å². The van der Waals surface area contributed by atoms with Crippen molar-refractivity contribution in [2.24, 2.45) is 5.84 Å². The number of nitrogens with one attached hydrogen (secondary N) is 1. The van der Waals surface area contributed by atoms with Crippen LogP contribution in [0.25, 0.3) is 0 Å². The van der Waals surface area contributed by atoms with Crippen LogP contribution in [0.5, 0.6) is 0 Å². The standard InChI is InChI=1S/C9H17N5O2S/c1-7-6-11-9(13-10)12-8(7)14(2)4-5-17(3,15)16/h6H,4-5,10H2,1-3H3,(H,11,12,13). The van der Waals surface area contributed by atoms with E-state index in [-0.39, 0.29) is 5.75 Å². The minimum absolute atomic E-state index is 0.0817. The van der Waals surface area contributed by atoms with Crippen LogP contribution in [0.15, 0.2) is 6.20 Å². The van der Waals surface area contributed by atoms with E-state index in [1.54, 1.807) is 18.1 Å². The quantitative estimate of drug-likeness (QED) is 0.545. The zero-order valence-corrected chi connectivity index (χ0v) is 11.0. The van der Waals surface area contributed by atoms with Crippen LogP contribution in [-0.4, -0.2) is 44.0 Å².